The molecule has 1 rings (SSSR count). The summed E-state index contributed by atoms with van der Waals surface area (Å²) in [5, 5.41) is 18.0. The maximum atomic E-state index is 10.7. The summed E-state index contributed by atoms with van der Waals surface area (Å²) in [6.07, 6.45) is 0.380. The average Bonchev–Trinajstić information content (AvgIpc) is 2.14. The smallest absolute Gasteiger partial charge is 0.337 e. The van der Waals surface area contributed by atoms with Crippen LogP contribution in [0.3, 0.4) is 0 Å². The SMILES string of the molecule is Cc1c(O)c(C=O)cc(C(=O)O)c1Cl. The van der Waals surface area contributed by atoms with Gasteiger partial charge in [-0.25, -0.2) is 4.79 Å². The van der Waals surface area contributed by atoms with Crippen molar-refractivity contribution in [2.45, 2.75) is 6.92 Å². The van der Waals surface area contributed by atoms with Gasteiger partial charge in [0.05, 0.1) is 16.1 Å². The normalized spacial score (nSPS) is 9.86. The number of hydrogen-bond donors (Lipinski definition) is 2. The molecule has 2 N–H and O–H groups in total. The maximum absolute atomic E-state index is 10.7. The van der Waals surface area contributed by atoms with Gasteiger partial charge in [-0.3, -0.25) is 4.79 Å². The van der Waals surface area contributed by atoms with E-state index in [1.54, 1.807) is 0 Å². The lowest BCUT2D eigenvalue weighted by Gasteiger charge is -2.07. The number of phenols is 1. The van der Waals surface area contributed by atoms with Gasteiger partial charge in [-0.1, -0.05) is 11.6 Å². The van der Waals surface area contributed by atoms with Gasteiger partial charge in [-0.2, -0.15) is 0 Å². The molecule has 0 aliphatic carbocycles. The van der Waals surface area contributed by atoms with Gasteiger partial charge in [0, 0.05) is 5.56 Å². The fourth-order valence-corrected chi connectivity index (χ4v) is 1.28. The molecule has 0 bridgehead atoms. The number of rotatable bonds is 2. The number of phenolic OH excluding ortho intramolecular Hbond substituents is 1. The number of benzene rings is 1. The summed E-state index contributed by atoms with van der Waals surface area (Å²) in [7, 11) is 0. The minimum Gasteiger partial charge on any atom is -0.507 e. The van der Waals surface area contributed by atoms with E-state index in [-0.39, 0.29) is 27.5 Å². The number of carboxylic acids is 1. The molecule has 0 amide bonds. The highest BCUT2D eigenvalue weighted by Gasteiger charge is 2.16. The molecular weight excluding hydrogens is 208 g/mol. The van der Waals surface area contributed by atoms with Crippen molar-refractivity contribution in [3.8, 4) is 5.75 Å². The molecule has 0 aromatic heterocycles. The monoisotopic (exact) mass is 214 g/mol. The molecule has 0 aliphatic heterocycles. The Kier molecular flexibility index (Phi) is 2.76. The molecule has 0 saturated carbocycles. The Morgan fingerprint density at radius 2 is 2.14 bits per heavy atom. The van der Waals surface area contributed by atoms with Gasteiger partial charge in [0.1, 0.15) is 5.75 Å². The Hall–Kier alpha value is -1.55. The third-order valence-electron chi connectivity index (χ3n) is 1.85. The summed E-state index contributed by atoms with van der Waals surface area (Å²) < 4.78 is 0. The first-order valence-electron chi connectivity index (χ1n) is 3.69. The van der Waals surface area contributed by atoms with Crippen LogP contribution in [0.25, 0.3) is 0 Å². The Morgan fingerprint density at radius 3 is 2.57 bits per heavy atom. The number of halogens is 1. The third kappa shape index (κ3) is 1.56. The summed E-state index contributed by atoms with van der Waals surface area (Å²) in [4.78, 5) is 21.1. The summed E-state index contributed by atoms with van der Waals surface area (Å²) in [5.74, 6) is -1.52. The van der Waals surface area contributed by atoms with Crippen molar-refractivity contribution in [1.82, 2.24) is 0 Å². The molecule has 1 aromatic carbocycles. The van der Waals surface area contributed by atoms with Crippen LogP contribution in [0.2, 0.25) is 5.02 Å². The highest BCUT2D eigenvalue weighted by atomic mass is 35.5. The first-order chi connectivity index (χ1) is 6.49. The van der Waals surface area contributed by atoms with Crippen molar-refractivity contribution in [2.75, 3.05) is 0 Å². The van der Waals surface area contributed by atoms with Gasteiger partial charge in [0.15, 0.2) is 6.29 Å². The van der Waals surface area contributed by atoms with E-state index in [0.29, 0.717) is 6.29 Å². The topological polar surface area (TPSA) is 74.6 Å². The van der Waals surface area contributed by atoms with E-state index < -0.39 is 5.97 Å². The second kappa shape index (κ2) is 3.67. The molecule has 4 nitrogen and oxygen atoms in total. The zero-order chi connectivity index (χ0) is 10.9. The first-order valence-corrected chi connectivity index (χ1v) is 4.07. The van der Waals surface area contributed by atoms with Crippen molar-refractivity contribution in [3.63, 3.8) is 0 Å². The van der Waals surface area contributed by atoms with E-state index in [1.165, 1.54) is 6.92 Å². The van der Waals surface area contributed by atoms with Crippen molar-refractivity contribution in [1.29, 1.82) is 0 Å². The number of carbonyl (C=O) groups is 2. The fourth-order valence-electron chi connectivity index (χ4n) is 1.06. The number of aldehydes is 1. The first kappa shape index (κ1) is 10.5. The lowest BCUT2D eigenvalue weighted by Crippen LogP contribution is -2.01. The van der Waals surface area contributed by atoms with Crippen LogP contribution in [0.5, 0.6) is 5.75 Å². The van der Waals surface area contributed by atoms with Gasteiger partial charge in [-0.15, -0.1) is 0 Å². The van der Waals surface area contributed by atoms with Crippen LogP contribution in [0.1, 0.15) is 26.3 Å². The van der Waals surface area contributed by atoms with Crippen molar-refractivity contribution in [2.24, 2.45) is 0 Å². The molecule has 14 heavy (non-hydrogen) atoms. The van der Waals surface area contributed by atoms with Crippen molar-refractivity contribution >= 4 is 23.9 Å². The summed E-state index contributed by atoms with van der Waals surface area (Å²) >= 11 is 5.67. The predicted molar refractivity (Wildman–Crippen MR) is 50.2 cm³/mol. The van der Waals surface area contributed by atoms with E-state index >= 15 is 0 Å². The van der Waals surface area contributed by atoms with Gasteiger partial charge < -0.3 is 10.2 Å². The molecule has 0 saturated heterocycles. The maximum Gasteiger partial charge on any atom is 0.337 e. The second-order valence-corrected chi connectivity index (χ2v) is 3.10. The molecule has 0 radical (unpaired) electrons. The van der Waals surface area contributed by atoms with Gasteiger partial charge in [0.25, 0.3) is 0 Å². The van der Waals surface area contributed by atoms with E-state index in [1.807, 2.05) is 0 Å². The van der Waals surface area contributed by atoms with Crippen molar-refractivity contribution in [3.05, 3.63) is 27.8 Å². The van der Waals surface area contributed by atoms with Crippen LogP contribution < -0.4 is 0 Å². The van der Waals surface area contributed by atoms with Crippen LogP contribution in [-0.2, 0) is 0 Å². The Balaban J connectivity index is 3.56. The molecular formula is C9H7ClO4. The molecule has 0 atom stereocenters. The third-order valence-corrected chi connectivity index (χ3v) is 2.34. The lowest BCUT2D eigenvalue weighted by molar-refractivity contribution is 0.0697. The highest BCUT2D eigenvalue weighted by Crippen LogP contribution is 2.31. The summed E-state index contributed by atoms with van der Waals surface area (Å²) in [6, 6.07) is 1.04. The quantitative estimate of drug-likeness (QED) is 0.737. The van der Waals surface area contributed by atoms with Crippen molar-refractivity contribution < 1.29 is 19.8 Å². The minimum atomic E-state index is -1.23. The van der Waals surface area contributed by atoms with Gasteiger partial charge >= 0.3 is 5.97 Å². The largest absolute Gasteiger partial charge is 0.507 e. The zero-order valence-electron chi connectivity index (χ0n) is 7.24. The molecule has 0 fully saturated rings. The number of aromatic hydroxyl groups is 1. The number of aromatic carboxylic acids is 1. The fraction of sp³-hybridized carbons (Fsp3) is 0.111. The van der Waals surface area contributed by atoms with E-state index in [0.717, 1.165) is 6.07 Å². The van der Waals surface area contributed by atoms with E-state index in [4.69, 9.17) is 16.7 Å². The molecule has 0 unspecified atom stereocenters. The molecule has 1 aromatic rings. The summed E-state index contributed by atoms with van der Waals surface area (Å²) in [5.41, 5.74) is -0.0815. The average molecular weight is 215 g/mol. The number of carbonyl (C=O) groups excluding carboxylic acids is 1. The van der Waals surface area contributed by atoms with E-state index in [9.17, 15) is 14.7 Å². The Labute approximate surface area is 84.7 Å². The Morgan fingerprint density at radius 1 is 1.57 bits per heavy atom. The number of hydrogen-bond acceptors (Lipinski definition) is 3. The van der Waals surface area contributed by atoms with Gasteiger partial charge in [0.2, 0.25) is 0 Å². The number of carboxylic acid groups (broad SMARTS) is 1. The molecule has 0 heterocycles. The van der Waals surface area contributed by atoms with Crippen LogP contribution >= 0.6 is 11.6 Å². The van der Waals surface area contributed by atoms with Crippen LogP contribution in [-0.4, -0.2) is 22.5 Å². The highest BCUT2D eigenvalue weighted by molar-refractivity contribution is 6.34. The standard InChI is InChI=1S/C9H7ClO4/c1-4-7(10)6(9(13)14)2-5(3-11)8(4)12/h2-3,12H,1H3,(H,13,14). The van der Waals surface area contributed by atoms with Crippen LogP contribution in [0.4, 0.5) is 0 Å². The molecule has 5 heteroatoms. The Bertz CT molecular complexity index is 412. The summed E-state index contributed by atoms with van der Waals surface area (Å²) in [6.45, 7) is 1.44. The van der Waals surface area contributed by atoms with Gasteiger partial charge in [-0.05, 0) is 13.0 Å². The van der Waals surface area contributed by atoms with Crippen LogP contribution in [0.15, 0.2) is 6.07 Å². The van der Waals surface area contributed by atoms with Crippen LogP contribution in [0, 0.1) is 6.92 Å². The van der Waals surface area contributed by atoms with E-state index in [2.05, 4.69) is 0 Å². The molecule has 74 valence electrons. The lowest BCUT2D eigenvalue weighted by atomic mass is 10.1. The molecule has 0 aliphatic rings. The minimum absolute atomic E-state index is 0.0550. The zero-order valence-corrected chi connectivity index (χ0v) is 8.00. The predicted octanol–water partition coefficient (Wildman–Crippen LogP) is 1.86. The molecule has 0 spiro atoms. The second-order valence-electron chi connectivity index (χ2n) is 2.72.